The Balaban J connectivity index is 0.00000121. The van der Waals surface area contributed by atoms with Crippen LogP contribution in [0, 0.1) is 0 Å². The predicted octanol–water partition coefficient (Wildman–Crippen LogP) is 3.07. The number of unbranched alkanes of at least 4 members (excludes halogenated alkanes) is 1. The summed E-state index contributed by atoms with van der Waals surface area (Å²) >= 11 is -0.218. The van der Waals surface area contributed by atoms with Gasteiger partial charge in [0.15, 0.2) is 0 Å². The molecule has 0 aromatic carbocycles. The van der Waals surface area contributed by atoms with Crippen LogP contribution in [-0.4, -0.2) is 6.61 Å². The van der Waals surface area contributed by atoms with Crippen LogP contribution in [0.3, 0.4) is 0 Å². The Morgan fingerprint density at radius 3 is 3.00 bits per heavy atom. The minimum atomic E-state index is -0.218. The Morgan fingerprint density at radius 1 is 1.58 bits per heavy atom. The molecule has 0 aliphatic heterocycles. The molecule has 3 heteroatoms. The molecule has 1 rings (SSSR count). The number of hydrogen-bond acceptors (Lipinski definition) is 1. The summed E-state index contributed by atoms with van der Waals surface area (Å²) in [5.74, 6) is 0. The third-order valence-corrected chi connectivity index (χ3v) is 3.11. The SMILES string of the molecule is CCCC[O][Ti][C]1=CC=CC1.Cl. The molecule has 0 radical (unpaired) electrons. The van der Waals surface area contributed by atoms with Gasteiger partial charge in [-0.1, -0.05) is 0 Å². The summed E-state index contributed by atoms with van der Waals surface area (Å²) < 4.78 is 7.10. The second-order valence-corrected chi connectivity index (χ2v) is 4.40. The van der Waals surface area contributed by atoms with Crippen molar-refractivity contribution in [2.45, 2.75) is 26.2 Å². The Labute approximate surface area is 90.1 Å². The minimum absolute atomic E-state index is 0. The molecule has 12 heavy (non-hydrogen) atoms. The van der Waals surface area contributed by atoms with Gasteiger partial charge in [-0.2, -0.15) is 0 Å². The van der Waals surface area contributed by atoms with E-state index in [0.29, 0.717) is 0 Å². The number of halogens is 1. The van der Waals surface area contributed by atoms with E-state index in [1.54, 1.807) is 0 Å². The van der Waals surface area contributed by atoms with Crippen LogP contribution in [0.4, 0.5) is 0 Å². The fourth-order valence-electron chi connectivity index (χ4n) is 0.883. The van der Waals surface area contributed by atoms with Crippen LogP contribution in [0.1, 0.15) is 26.2 Å². The Bertz CT molecular complexity index is 166. The van der Waals surface area contributed by atoms with E-state index in [2.05, 4.69) is 25.2 Å². The first-order valence-electron chi connectivity index (χ1n) is 4.17. The van der Waals surface area contributed by atoms with Gasteiger partial charge in [0.05, 0.1) is 0 Å². The smallest absolute Gasteiger partial charge is 0.147 e. The summed E-state index contributed by atoms with van der Waals surface area (Å²) in [6.45, 7) is 3.16. The molecule has 0 bridgehead atoms. The first-order valence-corrected chi connectivity index (χ1v) is 5.59. The summed E-state index contributed by atoms with van der Waals surface area (Å²) in [7, 11) is 0. The zero-order valence-electron chi connectivity index (χ0n) is 7.38. The van der Waals surface area contributed by atoms with E-state index >= 15 is 0 Å². The van der Waals surface area contributed by atoms with Crippen molar-refractivity contribution in [2.75, 3.05) is 6.61 Å². The summed E-state index contributed by atoms with van der Waals surface area (Å²) in [6.07, 6.45) is 10.1. The molecule has 0 spiro atoms. The van der Waals surface area contributed by atoms with E-state index in [0.717, 1.165) is 13.0 Å². The minimum Gasteiger partial charge on any atom is -0.147 e. The molecule has 0 heterocycles. The molecule has 0 saturated heterocycles. The molecule has 0 amide bonds. The van der Waals surface area contributed by atoms with Gasteiger partial charge in [-0.25, -0.2) is 0 Å². The maximum atomic E-state index is 5.57. The fraction of sp³-hybridized carbons (Fsp3) is 0.556. The van der Waals surface area contributed by atoms with Crippen LogP contribution in [-0.2, 0) is 22.9 Å². The van der Waals surface area contributed by atoms with E-state index in [-0.39, 0.29) is 31.9 Å². The van der Waals surface area contributed by atoms with Crippen molar-refractivity contribution in [3.63, 3.8) is 0 Å². The van der Waals surface area contributed by atoms with Crippen molar-refractivity contribution in [3.05, 3.63) is 22.1 Å². The molecule has 0 atom stereocenters. The first kappa shape index (κ1) is 12.4. The van der Waals surface area contributed by atoms with Crippen molar-refractivity contribution >= 4 is 12.4 Å². The number of hydrogen-bond donors (Lipinski definition) is 0. The van der Waals surface area contributed by atoms with E-state index in [1.807, 2.05) is 0 Å². The monoisotopic (exact) mass is 222 g/mol. The molecule has 0 N–H and O–H groups in total. The topological polar surface area (TPSA) is 9.23 Å². The molecule has 0 fully saturated rings. The predicted molar refractivity (Wildman–Crippen MR) is 49.9 cm³/mol. The summed E-state index contributed by atoms with van der Waals surface area (Å²) in [4.78, 5) is 0. The average Bonchev–Trinajstić information content (AvgIpc) is 2.50. The van der Waals surface area contributed by atoms with Crippen molar-refractivity contribution < 1.29 is 22.9 Å². The molecule has 0 saturated carbocycles. The van der Waals surface area contributed by atoms with Gasteiger partial charge in [0.25, 0.3) is 0 Å². The summed E-state index contributed by atoms with van der Waals surface area (Å²) in [5.41, 5.74) is 0. The Kier molecular flexibility index (Phi) is 8.36. The van der Waals surface area contributed by atoms with Gasteiger partial charge < -0.3 is 0 Å². The van der Waals surface area contributed by atoms with E-state index in [1.165, 1.54) is 16.7 Å². The molecule has 68 valence electrons. The van der Waals surface area contributed by atoms with Gasteiger partial charge in [-0.3, -0.25) is 0 Å². The van der Waals surface area contributed by atoms with Crippen LogP contribution in [0.5, 0.6) is 0 Å². The summed E-state index contributed by atoms with van der Waals surface area (Å²) in [6, 6.07) is 0. The maximum absolute atomic E-state index is 5.57. The molecule has 1 aliphatic rings. The molecule has 1 aliphatic carbocycles. The normalized spacial score (nSPS) is 13.9. The number of allylic oxidation sites excluding steroid dienone is 4. The Hall–Kier alpha value is 0.444. The third kappa shape index (κ3) is 5.15. The Morgan fingerprint density at radius 2 is 2.42 bits per heavy atom. The maximum Gasteiger partial charge on any atom is -0.147 e. The molecular weight excluding hydrogens is 207 g/mol. The van der Waals surface area contributed by atoms with Crippen LogP contribution >= 0.6 is 12.4 Å². The molecule has 0 unspecified atom stereocenters. The molecule has 1 nitrogen and oxygen atoms in total. The quantitative estimate of drug-likeness (QED) is 0.513. The van der Waals surface area contributed by atoms with Crippen LogP contribution in [0.15, 0.2) is 22.1 Å². The molecular formula is C9H15ClOTi. The first-order chi connectivity index (χ1) is 5.43. The van der Waals surface area contributed by atoms with Gasteiger partial charge >= 0.3 is 77.8 Å². The number of rotatable bonds is 5. The largest absolute Gasteiger partial charge is 0.147 e. The second kappa shape index (κ2) is 8.06. The molecule has 0 aromatic rings. The third-order valence-electron chi connectivity index (χ3n) is 1.57. The van der Waals surface area contributed by atoms with Crippen LogP contribution < -0.4 is 0 Å². The second-order valence-electron chi connectivity index (χ2n) is 2.63. The van der Waals surface area contributed by atoms with Gasteiger partial charge in [0.1, 0.15) is 0 Å². The van der Waals surface area contributed by atoms with Crippen molar-refractivity contribution in [1.29, 1.82) is 0 Å². The van der Waals surface area contributed by atoms with Gasteiger partial charge in [0, 0.05) is 0 Å². The van der Waals surface area contributed by atoms with Crippen molar-refractivity contribution in [3.8, 4) is 0 Å². The van der Waals surface area contributed by atoms with Gasteiger partial charge in [-0.05, 0) is 0 Å². The van der Waals surface area contributed by atoms with Crippen LogP contribution in [0.2, 0.25) is 0 Å². The average molecular weight is 223 g/mol. The van der Waals surface area contributed by atoms with E-state index in [9.17, 15) is 0 Å². The zero-order chi connectivity index (χ0) is 7.94. The summed E-state index contributed by atoms with van der Waals surface area (Å²) in [5, 5.41) is 0. The van der Waals surface area contributed by atoms with Crippen molar-refractivity contribution in [1.82, 2.24) is 0 Å². The van der Waals surface area contributed by atoms with Gasteiger partial charge in [0.2, 0.25) is 0 Å². The van der Waals surface area contributed by atoms with E-state index < -0.39 is 0 Å². The standard InChI is InChI=1S/C5H5.C4H9O.ClH.Ti/c1-2-4-5-3-1;1-2-3-4-5;;/h1-3H,4H2;2-4H2,1H3;1H;/q;-1;;+1. The van der Waals surface area contributed by atoms with Gasteiger partial charge in [-0.15, -0.1) is 12.4 Å². The molecule has 0 aromatic heterocycles. The van der Waals surface area contributed by atoms with E-state index in [4.69, 9.17) is 3.32 Å². The van der Waals surface area contributed by atoms with Crippen LogP contribution in [0.25, 0.3) is 0 Å². The zero-order valence-corrected chi connectivity index (χ0v) is 9.76. The fourth-order valence-corrected chi connectivity index (χ4v) is 2.13. The van der Waals surface area contributed by atoms with Crippen molar-refractivity contribution in [2.24, 2.45) is 0 Å².